The van der Waals surface area contributed by atoms with Crippen molar-refractivity contribution in [3.63, 3.8) is 0 Å². The summed E-state index contributed by atoms with van der Waals surface area (Å²) in [6.45, 7) is 6.21. The van der Waals surface area contributed by atoms with Crippen molar-refractivity contribution >= 4 is 0 Å². The zero-order valence-corrected chi connectivity index (χ0v) is 10.9. The fourth-order valence-electron chi connectivity index (χ4n) is 2.33. The third kappa shape index (κ3) is 3.19. The van der Waals surface area contributed by atoms with E-state index in [2.05, 4.69) is 47.2 Å². The third-order valence-electron chi connectivity index (χ3n) is 3.42. The second kappa shape index (κ2) is 6.01. The lowest BCUT2D eigenvalue weighted by Gasteiger charge is -2.19. The Kier molecular flexibility index (Phi) is 4.37. The summed E-state index contributed by atoms with van der Waals surface area (Å²) in [5, 5.41) is 8.21. The van der Waals surface area contributed by atoms with Gasteiger partial charge >= 0.3 is 0 Å². The zero-order valence-electron chi connectivity index (χ0n) is 10.9. The average molecular weight is 233 g/mol. The molecule has 1 N–H and O–H groups in total. The van der Waals surface area contributed by atoms with Crippen LogP contribution in [0.4, 0.5) is 0 Å². The number of rotatable bonds is 5. The number of aryl methyl sites for hydroxylation is 2. The van der Waals surface area contributed by atoms with Crippen molar-refractivity contribution < 1.29 is 0 Å². The van der Waals surface area contributed by atoms with E-state index in [1.165, 1.54) is 30.7 Å². The number of allylic oxidation sites excluding steroid dienone is 1. The SMILES string of the molecule is CCc1cc(CNC2CC=CCC2)n(CC)n1. The molecule has 0 saturated heterocycles. The normalized spacial score (nSPS) is 19.8. The van der Waals surface area contributed by atoms with E-state index in [0.717, 1.165) is 19.5 Å². The first-order valence-electron chi connectivity index (χ1n) is 6.77. The van der Waals surface area contributed by atoms with Crippen LogP contribution in [0.3, 0.4) is 0 Å². The van der Waals surface area contributed by atoms with Gasteiger partial charge in [-0.3, -0.25) is 4.68 Å². The Morgan fingerprint density at radius 2 is 2.29 bits per heavy atom. The second-order valence-electron chi connectivity index (χ2n) is 4.66. The summed E-state index contributed by atoms with van der Waals surface area (Å²) in [5.74, 6) is 0. The van der Waals surface area contributed by atoms with Gasteiger partial charge in [0.05, 0.1) is 11.4 Å². The molecule has 0 spiro atoms. The molecule has 0 radical (unpaired) electrons. The molecule has 0 saturated carbocycles. The van der Waals surface area contributed by atoms with Crippen LogP contribution in [0, 0.1) is 0 Å². The smallest absolute Gasteiger partial charge is 0.0625 e. The summed E-state index contributed by atoms with van der Waals surface area (Å²) < 4.78 is 2.12. The fraction of sp³-hybridized carbons (Fsp3) is 0.643. The minimum Gasteiger partial charge on any atom is -0.308 e. The molecule has 17 heavy (non-hydrogen) atoms. The van der Waals surface area contributed by atoms with E-state index in [9.17, 15) is 0 Å². The first-order valence-corrected chi connectivity index (χ1v) is 6.77. The number of hydrogen-bond donors (Lipinski definition) is 1. The number of aromatic nitrogens is 2. The predicted octanol–water partition coefficient (Wildman–Crippen LogP) is 2.66. The Morgan fingerprint density at radius 1 is 1.41 bits per heavy atom. The van der Waals surface area contributed by atoms with E-state index in [0.29, 0.717) is 6.04 Å². The van der Waals surface area contributed by atoms with Crippen molar-refractivity contribution in [3.8, 4) is 0 Å². The molecule has 0 amide bonds. The third-order valence-corrected chi connectivity index (χ3v) is 3.42. The van der Waals surface area contributed by atoms with Gasteiger partial charge in [0.1, 0.15) is 0 Å². The summed E-state index contributed by atoms with van der Waals surface area (Å²) in [6.07, 6.45) is 9.23. The fourth-order valence-corrected chi connectivity index (χ4v) is 2.33. The topological polar surface area (TPSA) is 29.9 Å². The van der Waals surface area contributed by atoms with Crippen LogP contribution in [-0.4, -0.2) is 15.8 Å². The summed E-state index contributed by atoms with van der Waals surface area (Å²) in [7, 11) is 0. The highest BCUT2D eigenvalue weighted by Gasteiger charge is 2.11. The predicted molar refractivity (Wildman–Crippen MR) is 70.9 cm³/mol. The lowest BCUT2D eigenvalue weighted by Crippen LogP contribution is -2.30. The van der Waals surface area contributed by atoms with Gasteiger partial charge in [0.2, 0.25) is 0 Å². The van der Waals surface area contributed by atoms with E-state index in [4.69, 9.17) is 0 Å². The van der Waals surface area contributed by atoms with E-state index in [1.54, 1.807) is 0 Å². The quantitative estimate of drug-likeness (QED) is 0.792. The summed E-state index contributed by atoms with van der Waals surface area (Å²) >= 11 is 0. The van der Waals surface area contributed by atoms with Gasteiger partial charge in [-0.05, 0) is 38.7 Å². The number of nitrogens with one attached hydrogen (secondary N) is 1. The minimum absolute atomic E-state index is 0.644. The van der Waals surface area contributed by atoms with Crippen molar-refractivity contribution in [1.82, 2.24) is 15.1 Å². The van der Waals surface area contributed by atoms with Crippen LogP contribution in [0.15, 0.2) is 18.2 Å². The maximum absolute atomic E-state index is 4.57. The molecule has 2 rings (SSSR count). The zero-order chi connectivity index (χ0) is 12.1. The van der Waals surface area contributed by atoms with Gasteiger partial charge in [0, 0.05) is 19.1 Å². The Balaban J connectivity index is 1.93. The molecule has 0 aliphatic heterocycles. The minimum atomic E-state index is 0.644. The molecule has 0 aromatic carbocycles. The molecule has 94 valence electrons. The van der Waals surface area contributed by atoms with Gasteiger partial charge in [-0.1, -0.05) is 19.1 Å². The van der Waals surface area contributed by atoms with Crippen LogP contribution in [0.2, 0.25) is 0 Å². The van der Waals surface area contributed by atoms with Crippen molar-refractivity contribution in [2.24, 2.45) is 0 Å². The van der Waals surface area contributed by atoms with E-state index in [1.807, 2.05) is 0 Å². The molecule has 1 aromatic heterocycles. The van der Waals surface area contributed by atoms with Crippen LogP contribution >= 0.6 is 0 Å². The monoisotopic (exact) mass is 233 g/mol. The van der Waals surface area contributed by atoms with Gasteiger partial charge < -0.3 is 5.32 Å². The number of hydrogen-bond acceptors (Lipinski definition) is 2. The van der Waals surface area contributed by atoms with Crippen LogP contribution < -0.4 is 5.32 Å². The molecule has 0 bridgehead atoms. The van der Waals surface area contributed by atoms with E-state index in [-0.39, 0.29) is 0 Å². The first kappa shape index (κ1) is 12.4. The largest absolute Gasteiger partial charge is 0.308 e. The lowest BCUT2D eigenvalue weighted by atomic mass is 10.0. The van der Waals surface area contributed by atoms with Gasteiger partial charge in [-0.25, -0.2) is 0 Å². The summed E-state index contributed by atoms with van der Waals surface area (Å²) in [4.78, 5) is 0. The molecule has 1 heterocycles. The van der Waals surface area contributed by atoms with E-state index >= 15 is 0 Å². The molecule has 3 nitrogen and oxygen atoms in total. The Morgan fingerprint density at radius 3 is 2.94 bits per heavy atom. The van der Waals surface area contributed by atoms with Gasteiger partial charge in [-0.2, -0.15) is 5.10 Å². The molecule has 1 aromatic rings. The standard InChI is InChI=1S/C14H23N3/c1-3-12-10-14(17(4-2)16-12)11-15-13-8-6-5-7-9-13/h5-6,10,13,15H,3-4,7-9,11H2,1-2H3. The van der Waals surface area contributed by atoms with Crippen LogP contribution in [0.25, 0.3) is 0 Å². The Bertz CT molecular complexity index is 379. The molecule has 3 heteroatoms. The van der Waals surface area contributed by atoms with E-state index < -0.39 is 0 Å². The van der Waals surface area contributed by atoms with Crippen molar-refractivity contribution in [1.29, 1.82) is 0 Å². The van der Waals surface area contributed by atoms with Crippen molar-refractivity contribution in [2.45, 2.75) is 58.7 Å². The van der Waals surface area contributed by atoms with Gasteiger partial charge in [0.25, 0.3) is 0 Å². The molecular weight excluding hydrogens is 210 g/mol. The molecule has 1 aliphatic carbocycles. The van der Waals surface area contributed by atoms with Gasteiger partial charge in [-0.15, -0.1) is 0 Å². The molecule has 0 fully saturated rings. The Labute approximate surface area is 104 Å². The summed E-state index contributed by atoms with van der Waals surface area (Å²) in [5.41, 5.74) is 2.52. The second-order valence-corrected chi connectivity index (χ2v) is 4.66. The first-order chi connectivity index (χ1) is 8.33. The van der Waals surface area contributed by atoms with Crippen LogP contribution in [-0.2, 0) is 19.5 Å². The Hall–Kier alpha value is -1.09. The molecule has 1 unspecified atom stereocenters. The molecule has 1 atom stereocenters. The highest BCUT2D eigenvalue weighted by Crippen LogP contribution is 2.12. The number of nitrogens with zero attached hydrogens (tertiary/aromatic N) is 2. The van der Waals surface area contributed by atoms with Gasteiger partial charge in [0.15, 0.2) is 0 Å². The average Bonchev–Trinajstić information content (AvgIpc) is 2.80. The maximum atomic E-state index is 4.57. The molecular formula is C14H23N3. The maximum Gasteiger partial charge on any atom is 0.0625 e. The van der Waals surface area contributed by atoms with Crippen LogP contribution in [0.1, 0.15) is 44.5 Å². The highest BCUT2D eigenvalue weighted by molar-refractivity contribution is 5.10. The highest BCUT2D eigenvalue weighted by atomic mass is 15.3. The van der Waals surface area contributed by atoms with Crippen LogP contribution in [0.5, 0.6) is 0 Å². The molecule has 1 aliphatic rings. The van der Waals surface area contributed by atoms with Crippen molar-refractivity contribution in [3.05, 3.63) is 29.6 Å². The van der Waals surface area contributed by atoms with Crippen molar-refractivity contribution in [2.75, 3.05) is 0 Å². The lowest BCUT2D eigenvalue weighted by molar-refractivity contribution is 0.459. The summed E-state index contributed by atoms with van der Waals surface area (Å²) in [6, 6.07) is 2.88.